The molecule has 0 fully saturated rings. The Kier molecular flexibility index (Phi) is 10.2. The number of sulfonamides is 1. The highest BCUT2D eigenvalue weighted by Crippen LogP contribution is 2.47. The molecule has 9 nitrogen and oxygen atoms in total. The molecule has 12 heteroatoms. The van der Waals surface area contributed by atoms with Gasteiger partial charge >= 0.3 is 0 Å². The molecule has 0 radical (unpaired) electrons. The van der Waals surface area contributed by atoms with Crippen LogP contribution in [0.25, 0.3) is 10.9 Å². The number of likely N-dealkylation sites (N-methyl/N-ethyl adjacent to an activating group) is 1. The van der Waals surface area contributed by atoms with E-state index in [-0.39, 0.29) is 12.4 Å². The van der Waals surface area contributed by atoms with Crippen molar-refractivity contribution in [2.75, 3.05) is 19.0 Å². The molecule has 0 saturated carbocycles. The van der Waals surface area contributed by atoms with E-state index in [1.54, 1.807) is 43.7 Å². The third kappa shape index (κ3) is 6.56. The van der Waals surface area contributed by atoms with Gasteiger partial charge in [-0.15, -0.1) is 0 Å². The minimum Gasteiger partial charge on any atom is -0.496 e. The molecular formula is C34H38BrFN4O5S. The van der Waals surface area contributed by atoms with Crippen molar-refractivity contribution < 1.29 is 27.0 Å². The van der Waals surface area contributed by atoms with Gasteiger partial charge in [0, 0.05) is 35.7 Å². The standard InChI is InChI=1S/C34H38BrFN4O5S/c1-6-32(40(7-2)46(41,42)22(3)4)34(14-9-15-45-34)27-18-26-29(19-31(27)43-5)37-21-38-33(26)39-25-12-13-30(28(35)17-25)44-20-23-10-8-11-24(36)16-23/h8-13,15-19,21-22,32H,6-7,14,20H2,1-5H3,(H,37,38,39). The molecule has 0 aliphatic carbocycles. The fraction of sp³-hybridized carbons (Fsp3) is 0.353. The van der Waals surface area contributed by atoms with Crippen molar-refractivity contribution in [1.29, 1.82) is 0 Å². The van der Waals surface area contributed by atoms with Crippen LogP contribution >= 0.6 is 15.9 Å². The lowest BCUT2D eigenvalue weighted by Crippen LogP contribution is -2.54. The van der Waals surface area contributed by atoms with Crippen LogP contribution in [0.2, 0.25) is 0 Å². The molecule has 1 aromatic heterocycles. The molecule has 0 bridgehead atoms. The fourth-order valence-corrected chi connectivity index (χ4v) is 7.99. The molecule has 1 aliphatic rings. The van der Waals surface area contributed by atoms with Gasteiger partial charge in [0.2, 0.25) is 10.0 Å². The van der Waals surface area contributed by atoms with Crippen molar-refractivity contribution in [3.05, 3.63) is 94.7 Å². The molecule has 2 unspecified atom stereocenters. The first kappa shape index (κ1) is 33.6. The molecule has 1 N–H and O–H groups in total. The van der Waals surface area contributed by atoms with Gasteiger partial charge in [-0.25, -0.2) is 22.8 Å². The fourth-order valence-electron chi connectivity index (χ4n) is 5.93. The van der Waals surface area contributed by atoms with E-state index in [4.69, 9.17) is 14.2 Å². The Labute approximate surface area is 278 Å². The maximum Gasteiger partial charge on any atom is 0.216 e. The maximum atomic E-state index is 13.6. The molecule has 3 aromatic carbocycles. The monoisotopic (exact) mass is 712 g/mol. The smallest absolute Gasteiger partial charge is 0.216 e. The first-order chi connectivity index (χ1) is 22.0. The topological polar surface area (TPSA) is 103 Å². The molecule has 2 atom stereocenters. The van der Waals surface area contributed by atoms with E-state index in [2.05, 4.69) is 31.2 Å². The zero-order chi connectivity index (χ0) is 33.1. The lowest BCUT2D eigenvalue weighted by molar-refractivity contribution is -0.0255. The SMILES string of the molecule is CCC(N(CC)S(=O)(=O)C(C)C)C1(c2cc3c(Nc4ccc(OCc5cccc(F)c5)c(Br)c4)ncnc3cc2OC)CC=CO1. The summed E-state index contributed by atoms with van der Waals surface area (Å²) in [5, 5.41) is 3.51. The lowest BCUT2D eigenvalue weighted by Gasteiger charge is -2.43. The Morgan fingerprint density at radius 2 is 1.91 bits per heavy atom. The molecule has 0 saturated heterocycles. The van der Waals surface area contributed by atoms with Crippen molar-refractivity contribution in [2.45, 2.75) is 64.0 Å². The molecule has 244 valence electrons. The van der Waals surface area contributed by atoms with Crippen molar-refractivity contribution in [3.8, 4) is 11.5 Å². The van der Waals surface area contributed by atoms with Crippen LogP contribution in [-0.4, -0.2) is 47.6 Å². The highest BCUT2D eigenvalue weighted by molar-refractivity contribution is 9.10. The van der Waals surface area contributed by atoms with E-state index < -0.39 is 26.9 Å². The minimum absolute atomic E-state index is 0.218. The van der Waals surface area contributed by atoms with Gasteiger partial charge in [0.05, 0.1) is 34.7 Å². The highest BCUT2D eigenvalue weighted by Gasteiger charge is 2.50. The number of aromatic nitrogens is 2. The van der Waals surface area contributed by atoms with Crippen LogP contribution in [0.5, 0.6) is 11.5 Å². The number of fused-ring (bicyclic) bond motifs is 1. The Balaban J connectivity index is 1.52. The zero-order valence-electron chi connectivity index (χ0n) is 26.5. The molecular weight excluding hydrogens is 675 g/mol. The van der Waals surface area contributed by atoms with Gasteiger partial charge in [-0.05, 0) is 84.2 Å². The number of nitrogens with one attached hydrogen (secondary N) is 1. The molecule has 1 aliphatic heterocycles. The van der Waals surface area contributed by atoms with Crippen molar-refractivity contribution in [2.24, 2.45) is 0 Å². The average Bonchev–Trinajstić information content (AvgIpc) is 3.53. The summed E-state index contributed by atoms with van der Waals surface area (Å²) in [7, 11) is -2.02. The molecule has 0 amide bonds. The number of ether oxygens (including phenoxy) is 3. The van der Waals surface area contributed by atoms with Crippen molar-refractivity contribution in [3.63, 3.8) is 0 Å². The molecule has 46 heavy (non-hydrogen) atoms. The van der Waals surface area contributed by atoms with Crippen LogP contribution in [0.1, 0.15) is 51.7 Å². The summed E-state index contributed by atoms with van der Waals surface area (Å²) in [6.45, 7) is 7.72. The van der Waals surface area contributed by atoms with Crippen LogP contribution in [-0.2, 0) is 27.0 Å². The van der Waals surface area contributed by atoms with Crippen LogP contribution < -0.4 is 14.8 Å². The molecule has 5 rings (SSSR count). The normalized spacial score (nSPS) is 17.0. The van der Waals surface area contributed by atoms with Crippen molar-refractivity contribution >= 4 is 48.4 Å². The zero-order valence-corrected chi connectivity index (χ0v) is 28.9. The van der Waals surface area contributed by atoms with Gasteiger partial charge in [-0.1, -0.05) is 26.0 Å². The van der Waals surface area contributed by atoms with Crippen LogP contribution in [0, 0.1) is 5.82 Å². The molecule has 0 spiro atoms. The minimum atomic E-state index is -3.61. The van der Waals surface area contributed by atoms with E-state index in [9.17, 15) is 12.8 Å². The van der Waals surface area contributed by atoms with E-state index in [0.717, 1.165) is 11.3 Å². The quantitative estimate of drug-likeness (QED) is 0.150. The number of hydrogen-bond donors (Lipinski definition) is 1. The van der Waals surface area contributed by atoms with Crippen LogP contribution in [0.15, 0.2) is 77.7 Å². The second-order valence-electron chi connectivity index (χ2n) is 11.3. The number of nitrogens with zero attached hydrogens (tertiary/aromatic N) is 3. The van der Waals surface area contributed by atoms with Gasteiger partial charge in [-0.2, -0.15) is 4.31 Å². The van der Waals surface area contributed by atoms with Gasteiger partial charge < -0.3 is 19.5 Å². The van der Waals surface area contributed by atoms with Gasteiger partial charge in [0.15, 0.2) is 5.60 Å². The lowest BCUT2D eigenvalue weighted by atomic mass is 9.81. The largest absolute Gasteiger partial charge is 0.496 e. The number of hydrogen-bond acceptors (Lipinski definition) is 8. The van der Waals surface area contributed by atoms with Gasteiger partial charge in [-0.3, -0.25) is 0 Å². The Morgan fingerprint density at radius 3 is 2.54 bits per heavy atom. The van der Waals surface area contributed by atoms with Crippen molar-refractivity contribution in [1.82, 2.24) is 14.3 Å². The summed E-state index contributed by atoms with van der Waals surface area (Å²) in [4.78, 5) is 9.06. The first-order valence-electron chi connectivity index (χ1n) is 15.1. The van der Waals surface area contributed by atoms with Crippen LogP contribution in [0.3, 0.4) is 0 Å². The second-order valence-corrected chi connectivity index (χ2v) is 14.6. The first-order valence-corrected chi connectivity index (χ1v) is 17.4. The summed E-state index contributed by atoms with van der Waals surface area (Å²) in [6.07, 6.45) is 6.00. The highest BCUT2D eigenvalue weighted by atomic mass is 79.9. The van der Waals surface area contributed by atoms with E-state index >= 15 is 0 Å². The van der Waals surface area contributed by atoms with Crippen LogP contribution in [0.4, 0.5) is 15.9 Å². The Morgan fingerprint density at radius 1 is 1.11 bits per heavy atom. The number of benzene rings is 3. The predicted octanol–water partition coefficient (Wildman–Crippen LogP) is 7.83. The van der Waals surface area contributed by atoms with Gasteiger partial charge in [0.1, 0.15) is 36.1 Å². The van der Waals surface area contributed by atoms with E-state index in [1.165, 1.54) is 18.5 Å². The molecule has 4 aromatic rings. The summed E-state index contributed by atoms with van der Waals surface area (Å²) in [5.74, 6) is 1.38. The van der Waals surface area contributed by atoms with E-state index in [0.29, 0.717) is 57.6 Å². The Hall–Kier alpha value is -3.74. The van der Waals surface area contributed by atoms with E-state index in [1.807, 2.05) is 50.3 Å². The summed E-state index contributed by atoms with van der Waals surface area (Å²) in [6, 6.07) is 15.1. The number of halogens is 2. The average molecular weight is 714 g/mol. The number of anilines is 2. The van der Waals surface area contributed by atoms with Gasteiger partial charge in [0.25, 0.3) is 0 Å². The third-order valence-electron chi connectivity index (χ3n) is 8.19. The summed E-state index contributed by atoms with van der Waals surface area (Å²) >= 11 is 3.59. The number of methoxy groups -OCH3 is 1. The number of rotatable bonds is 13. The summed E-state index contributed by atoms with van der Waals surface area (Å²) < 4.78 is 61.2. The second kappa shape index (κ2) is 13.9. The predicted molar refractivity (Wildman–Crippen MR) is 181 cm³/mol. The third-order valence-corrected chi connectivity index (χ3v) is 11.2. The molecule has 2 heterocycles. The summed E-state index contributed by atoms with van der Waals surface area (Å²) in [5.41, 5.74) is 1.77. The maximum absolute atomic E-state index is 13.6. The Bertz CT molecular complexity index is 1850.